The van der Waals surface area contributed by atoms with Gasteiger partial charge in [0.2, 0.25) is 0 Å². The van der Waals surface area contributed by atoms with E-state index in [0.717, 1.165) is 24.2 Å². The minimum atomic E-state index is 0.484. The molecule has 1 aliphatic rings. The predicted molar refractivity (Wildman–Crippen MR) is 57.0 cm³/mol. The second-order valence-corrected chi connectivity index (χ2v) is 4.16. The van der Waals surface area contributed by atoms with Crippen molar-refractivity contribution in [3.05, 3.63) is 12.4 Å². The van der Waals surface area contributed by atoms with E-state index in [1.165, 1.54) is 6.42 Å². The molecule has 0 radical (unpaired) electrons. The number of hydrogen-bond donors (Lipinski definition) is 1. The van der Waals surface area contributed by atoms with Crippen LogP contribution in [0.15, 0.2) is 12.4 Å². The van der Waals surface area contributed by atoms with E-state index in [0.29, 0.717) is 5.82 Å². The molecule has 0 bridgehead atoms. The van der Waals surface area contributed by atoms with Gasteiger partial charge in [-0.1, -0.05) is 6.92 Å². The van der Waals surface area contributed by atoms with Gasteiger partial charge < -0.3 is 10.6 Å². The maximum Gasteiger partial charge on any atom is 0.149 e. The maximum absolute atomic E-state index is 5.57. The van der Waals surface area contributed by atoms with E-state index >= 15 is 0 Å². The molecule has 0 aliphatic heterocycles. The van der Waals surface area contributed by atoms with Crippen molar-refractivity contribution in [2.24, 2.45) is 11.8 Å². The van der Waals surface area contributed by atoms with Gasteiger partial charge in [0.15, 0.2) is 0 Å². The van der Waals surface area contributed by atoms with Crippen molar-refractivity contribution in [1.29, 1.82) is 0 Å². The number of anilines is 2. The second-order valence-electron chi connectivity index (χ2n) is 4.16. The first-order valence-electron chi connectivity index (χ1n) is 4.95. The van der Waals surface area contributed by atoms with Gasteiger partial charge in [-0.15, -0.1) is 0 Å². The summed E-state index contributed by atoms with van der Waals surface area (Å²) < 4.78 is 0. The van der Waals surface area contributed by atoms with Gasteiger partial charge >= 0.3 is 0 Å². The molecule has 0 spiro atoms. The highest BCUT2D eigenvalue weighted by atomic mass is 15.2. The number of aromatic nitrogens is 2. The molecule has 4 nitrogen and oxygen atoms in total. The fourth-order valence-electron chi connectivity index (χ4n) is 1.65. The Hall–Kier alpha value is -1.32. The van der Waals surface area contributed by atoms with Gasteiger partial charge in [0.1, 0.15) is 11.6 Å². The Kier molecular flexibility index (Phi) is 2.27. The molecule has 2 N–H and O–H groups in total. The molecule has 1 aromatic heterocycles. The largest absolute Gasteiger partial charge is 0.382 e. The van der Waals surface area contributed by atoms with Crippen molar-refractivity contribution in [1.82, 2.24) is 9.97 Å². The summed E-state index contributed by atoms with van der Waals surface area (Å²) in [5.74, 6) is 3.04. The Labute approximate surface area is 84.2 Å². The smallest absolute Gasteiger partial charge is 0.149 e. The monoisotopic (exact) mass is 192 g/mol. The highest BCUT2D eigenvalue weighted by molar-refractivity contribution is 5.40. The quantitative estimate of drug-likeness (QED) is 0.780. The van der Waals surface area contributed by atoms with Crippen LogP contribution in [0, 0.1) is 11.8 Å². The Bertz CT molecular complexity index is 326. The molecule has 0 amide bonds. The fraction of sp³-hybridized carbons (Fsp3) is 0.600. The van der Waals surface area contributed by atoms with Crippen LogP contribution >= 0.6 is 0 Å². The van der Waals surface area contributed by atoms with Crippen LogP contribution < -0.4 is 10.6 Å². The average molecular weight is 192 g/mol. The van der Waals surface area contributed by atoms with E-state index in [9.17, 15) is 0 Å². The molecule has 2 rings (SSSR count). The Morgan fingerprint density at radius 2 is 2.29 bits per heavy atom. The summed E-state index contributed by atoms with van der Waals surface area (Å²) in [6, 6.07) is 0. The van der Waals surface area contributed by atoms with Crippen molar-refractivity contribution >= 4 is 11.6 Å². The van der Waals surface area contributed by atoms with Gasteiger partial charge in [-0.05, 0) is 18.3 Å². The molecule has 4 heteroatoms. The zero-order valence-electron chi connectivity index (χ0n) is 8.64. The lowest BCUT2D eigenvalue weighted by molar-refractivity contribution is 0.718. The summed E-state index contributed by atoms with van der Waals surface area (Å²) in [5, 5.41) is 0. The van der Waals surface area contributed by atoms with Crippen LogP contribution in [0.1, 0.15) is 13.3 Å². The number of rotatable bonds is 3. The zero-order chi connectivity index (χ0) is 10.1. The topological polar surface area (TPSA) is 55.0 Å². The number of nitrogens with zero attached hydrogens (tertiary/aromatic N) is 3. The molecule has 14 heavy (non-hydrogen) atoms. The van der Waals surface area contributed by atoms with Crippen LogP contribution in [-0.4, -0.2) is 23.6 Å². The summed E-state index contributed by atoms with van der Waals surface area (Å²) in [4.78, 5) is 10.4. The van der Waals surface area contributed by atoms with Gasteiger partial charge in [-0.25, -0.2) is 4.98 Å². The van der Waals surface area contributed by atoms with Crippen molar-refractivity contribution in [3.8, 4) is 0 Å². The van der Waals surface area contributed by atoms with Crippen LogP contribution in [0.5, 0.6) is 0 Å². The fourth-order valence-corrected chi connectivity index (χ4v) is 1.65. The average Bonchev–Trinajstić information content (AvgIpc) is 2.81. The van der Waals surface area contributed by atoms with Crippen molar-refractivity contribution in [2.75, 3.05) is 24.2 Å². The lowest BCUT2D eigenvalue weighted by Crippen LogP contribution is -2.22. The molecule has 1 aromatic rings. The van der Waals surface area contributed by atoms with Gasteiger partial charge in [0, 0.05) is 13.6 Å². The van der Waals surface area contributed by atoms with Gasteiger partial charge in [0.05, 0.1) is 12.4 Å². The zero-order valence-corrected chi connectivity index (χ0v) is 8.64. The van der Waals surface area contributed by atoms with Gasteiger partial charge in [-0.2, -0.15) is 0 Å². The number of nitrogens with two attached hydrogens (primary N) is 1. The van der Waals surface area contributed by atoms with Crippen LogP contribution in [-0.2, 0) is 0 Å². The molecular weight excluding hydrogens is 176 g/mol. The van der Waals surface area contributed by atoms with E-state index < -0.39 is 0 Å². The van der Waals surface area contributed by atoms with Crippen LogP contribution in [0.25, 0.3) is 0 Å². The second kappa shape index (κ2) is 3.44. The summed E-state index contributed by atoms with van der Waals surface area (Å²) in [7, 11) is 2.04. The van der Waals surface area contributed by atoms with Gasteiger partial charge in [0.25, 0.3) is 0 Å². The summed E-state index contributed by atoms with van der Waals surface area (Å²) in [6.45, 7) is 3.34. The molecule has 2 unspecified atom stereocenters. The molecule has 76 valence electrons. The van der Waals surface area contributed by atoms with Crippen LogP contribution in [0.2, 0.25) is 0 Å². The summed E-state index contributed by atoms with van der Waals surface area (Å²) >= 11 is 0. The molecule has 1 saturated carbocycles. The third kappa shape index (κ3) is 1.95. The Morgan fingerprint density at radius 3 is 2.86 bits per heavy atom. The van der Waals surface area contributed by atoms with Gasteiger partial charge in [-0.3, -0.25) is 4.98 Å². The van der Waals surface area contributed by atoms with E-state index in [2.05, 4.69) is 21.8 Å². The molecule has 0 saturated heterocycles. The summed E-state index contributed by atoms with van der Waals surface area (Å²) in [6.07, 6.45) is 4.65. The standard InChI is InChI=1S/C10H16N4/c1-7-3-8(7)6-14(2)10-5-12-4-9(11)13-10/h4-5,7-8H,3,6H2,1-2H3,(H2,11,13). The lowest BCUT2D eigenvalue weighted by Gasteiger charge is -2.17. The molecule has 1 heterocycles. The van der Waals surface area contributed by atoms with E-state index in [-0.39, 0.29) is 0 Å². The summed E-state index contributed by atoms with van der Waals surface area (Å²) in [5.41, 5.74) is 5.57. The predicted octanol–water partition coefficient (Wildman–Crippen LogP) is 1.15. The van der Waals surface area contributed by atoms with E-state index in [1.54, 1.807) is 12.4 Å². The normalized spacial score (nSPS) is 24.7. The third-order valence-corrected chi connectivity index (χ3v) is 2.82. The highest BCUT2D eigenvalue weighted by Crippen LogP contribution is 2.38. The van der Waals surface area contributed by atoms with E-state index in [1.807, 2.05) is 7.05 Å². The molecular formula is C10H16N4. The van der Waals surface area contributed by atoms with Crippen molar-refractivity contribution in [2.45, 2.75) is 13.3 Å². The van der Waals surface area contributed by atoms with Crippen LogP contribution in [0.3, 0.4) is 0 Å². The Morgan fingerprint density at radius 1 is 1.57 bits per heavy atom. The first-order chi connectivity index (χ1) is 6.66. The van der Waals surface area contributed by atoms with Crippen molar-refractivity contribution < 1.29 is 0 Å². The molecule has 1 fully saturated rings. The Balaban J connectivity index is 2.00. The third-order valence-electron chi connectivity index (χ3n) is 2.82. The first kappa shape index (κ1) is 9.24. The maximum atomic E-state index is 5.57. The minimum Gasteiger partial charge on any atom is -0.382 e. The van der Waals surface area contributed by atoms with Crippen molar-refractivity contribution in [3.63, 3.8) is 0 Å². The molecule has 2 atom stereocenters. The first-order valence-corrected chi connectivity index (χ1v) is 4.95. The number of hydrogen-bond acceptors (Lipinski definition) is 4. The lowest BCUT2D eigenvalue weighted by atomic mass is 10.3. The van der Waals surface area contributed by atoms with Crippen LogP contribution in [0.4, 0.5) is 11.6 Å². The minimum absolute atomic E-state index is 0.484. The SMILES string of the molecule is CC1CC1CN(C)c1cncc(N)n1. The number of nitrogen functional groups attached to an aromatic ring is 1. The highest BCUT2D eigenvalue weighted by Gasteiger charge is 2.33. The molecule has 0 aromatic carbocycles. The molecule has 1 aliphatic carbocycles. The van der Waals surface area contributed by atoms with E-state index in [4.69, 9.17) is 5.73 Å².